The van der Waals surface area contributed by atoms with Gasteiger partial charge in [0.1, 0.15) is 11.4 Å². The van der Waals surface area contributed by atoms with E-state index in [-0.39, 0.29) is 17.9 Å². The number of nitrogens with zero attached hydrogens (tertiary/aromatic N) is 2. The number of carbonyl (C=O) groups is 2. The zero-order valence-electron chi connectivity index (χ0n) is 20.3. The van der Waals surface area contributed by atoms with Crippen LogP contribution in [0.5, 0.6) is 0 Å². The van der Waals surface area contributed by atoms with Crippen molar-refractivity contribution in [2.75, 3.05) is 37.7 Å². The molecule has 180 valence electrons. The Kier molecular flexibility index (Phi) is 11.8. The standard InChI is InChI=1S/C20H28N4O4.2C2H6/c1-2-27-17(25)4-3-11-23-12-9-20(10-13-23)14-24(19(26)28-20)16-7-5-15(6-8-16)18(21)22;2*1-2/h5-8H,2-4,9-14H2,1H3,(H3,21,22);2*1-2H3. The summed E-state index contributed by atoms with van der Waals surface area (Å²) in [5.41, 5.74) is 6.41. The fourth-order valence-corrected chi connectivity index (χ4v) is 3.77. The van der Waals surface area contributed by atoms with E-state index in [1.807, 2.05) is 34.6 Å². The monoisotopic (exact) mass is 448 g/mol. The molecule has 1 aromatic rings. The van der Waals surface area contributed by atoms with E-state index < -0.39 is 5.60 Å². The molecular formula is C24H40N4O4. The van der Waals surface area contributed by atoms with E-state index in [0.717, 1.165) is 44.6 Å². The number of esters is 1. The average molecular weight is 449 g/mol. The Labute approximate surface area is 192 Å². The number of likely N-dealkylation sites (tertiary alicyclic amines) is 1. The van der Waals surface area contributed by atoms with Gasteiger partial charge in [-0.3, -0.25) is 15.1 Å². The van der Waals surface area contributed by atoms with Gasteiger partial charge in [0, 0.05) is 43.6 Å². The maximum Gasteiger partial charge on any atom is 0.415 e. The Morgan fingerprint density at radius 3 is 2.28 bits per heavy atom. The molecule has 32 heavy (non-hydrogen) atoms. The number of hydrogen-bond donors (Lipinski definition) is 2. The van der Waals surface area contributed by atoms with Crippen LogP contribution >= 0.6 is 0 Å². The highest BCUT2D eigenvalue weighted by molar-refractivity contribution is 5.96. The van der Waals surface area contributed by atoms with E-state index in [4.69, 9.17) is 20.6 Å². The fourth-order valence-electron chi connectivity index (χ4n) is 3.77. The molecule has 0 atom stereocenters. The van der Waals surface area contributed by atoms with Crippen molar-refractivity contribution in [3.63, 3.8) is 0 Å². The number of amides is 1. The number of nitrogens with two attached hydrogens (primary N) is 1. The van der Waals surface area contributed by atoms with Crippen LogP contribution in [0, 0.1) is 5.41 Å². The highest BCUT2D eigenvalue weighted by atomic mass is 16.6. The van der Waals surface area contributed by atoms with E-state index in [1.165, 1.54) is 0 Å². The molecule has 3 rings (SSSR count). The van der Waals surface area contributed by atoms with Gasteiger partial charge in [-0.05, 0) is 44.2 Å². The second-order valence-corrected chi connectivity index (χ2v) is 7.35. The number of piperidine rings is 1. The highest BCUT2D eigenvalue weighted by Gasteiger charge is 2.47. The number of amidine groups is 1. The van der Waals surface area contributed by atoms with Crippen molar-refractivity contribution in [1.29, 1.82) is 5.41 Å². The number of benzene rings is 1. The van der Waals surface area contributed by atoms with Gasteiger partial charge in [-0.25, -0.2) is 4.79 Å². The SMILES string of the molecule is CC.CC.CCOC(=O)CCCN1CCC2(CC1)CN(c1ccc(C(=N)N)cc1)C(=O)O2. The molecule has 1 spiro atoms. The minimum absolute atomic E-state index is 0.00217. The number of carbonyl (C=O) groups excluding carboxylic acids is 2. The van der Waals surface area contributed by atoms with Gasteiger partial charge in [-0.1, -0.05) is 27.7 Å². The Morgan fingerprint density at radius 2 is 1.75 bits per heavy atom. The van der Waals surface area contributed by atoms with Crippen LogP contribution in [0.3, 0.4) is 0 Å². The normalized spacial score (nSPS) is 16.9. The third-order valence-electron chi connectivity index (χ3n) is 5.39. The third kappa shape index (κ3) is 7.51. The molecule has 8 nitrogen and oxygen atoms in total. The van der Waals surface area contributed by atoms with Crippen molar-refractivity contribution < 1.29 is 19.1 Å². The van der Waals surface area contributed by atoms with Crippen LogP contribution in [0.2, 0.25) is 0 Å². The lowest BCUT2D eigenvalue weighted by atomic mass is 9.91. The molecule has 1 amide bonds. The number of nitrogens with one attached hydrogen (secondary N) is 1. The first-order valence-corrected chi connectivity index (χ1v) is 11.8. The van der Waals surface area contributed by atoms with Crippen LogP contribution in [0.1, 0.15) is 65.9 Å². The quantitative estimate of drug-likeness (QED) is 0.368. The molecule has 0 radical (unpaired) electrons. The minimum Gasteiger partial charge on any atom is -0.466 e. The molecule has 1 aromatic carbocycles. The second-order valence-electron chi connectivity index (χ2n) is 7.35. The first-order valence-electron chi connectivity index (χ1n) is 11.8. The van der Waals surface area contributed by atoms with Gasteiger partial charge in [0.2, 0.25) is 0 Å². The van der Waals surface area contributed by atoms with Crippen LogP contribution in [0.15, 0.2) is 24.3 Å². The van der Waals surface area contributed by atoms with E-state index in [2.05, 4.69) is 4.90 Å². The van der Waals surface area contributed by atoms with Gasteiger partial charge in [-0.15, -0.1) is 0 Å². The fraction of sp³-hybridized carbons (Fsp3) is 0.625. The smallest absolute Gasteiger partial charge is 0.415 e. The Balaban J connectivity index is 0.00000121. The molecule has 0 aliphatic carbocycles. The predicted molar refractivity (Wildman–Crippen MR) is 128 cm³/mol. The molecule has 0 aromatic heterocycles. The van der Waals surface area contributed by atoms with E-state index in [9.17, 15) is 9.59 Å². The summed E-state index contributed by atoms with van der Waals surface area (Å²) in [5, 5.41) is 7.46. The molecule has 2 saturated heterocycles. The van der Waals surface area contributed by atoms with Crippen molar-refractivity contribution in [2.24, 2.45) is 5.73 Å². The summed E-state index contributed by atoms with van der Waals surface area (Å²) >= 11 is 0. The lowest BCUT2D eigenvalue weighted by molar-refractivity contribution is -0.143. The maximum atomic E-state index is 12.4. The number of anilines is 1. The summed E-state index contributed by atoms with van der Waals surface area (Å²) in [4.78, 5) is 27.8. The average Bonchev–Trinajstić information content (AvgIpc) is 3.14. The third-order valence-corrected chi connectivity index (χ3v) is 5.39. The van der Waals surface area contributed by atoms with Crippen molar-refractivity contribution in [2.45, 2.75) is 65.9 Å². The van der Waals surface area contributed by atoms with Crippen LogP contribution in [-0.4, -0.2) is 61.2 Å². The van der Waals surface area contributed by atoms with E-state index >= 15 is 0 Å². The van der Waals surface area contributed by atoms with Crippen LogP contribution in [0.4, 0.5) is 10.5 Å². The van der Waals surface area contributed by atoms with Crippen LogP contribution in [0.25, 0.3) is 0 Å². The lowest BCUT2D eigenvalue weighted by Gasteiger charge is -2.37. The number of rotatable bonds is 7. The molecule has 0 bridgehead atoms. The molecule has 2 heterocycles. The molecule has 8 heteroatoms. The lowest BCUT2D eigenvalue weighted by Crippen LogP contribution is -2.47. The highest BCUT2D eigenvalue weighted by Crippen LogP contribution is 2.35. The van der Waals surface area contributed by atoms with Crippen molar-refractivity contribution in [3.8, 4) is 0 Å². The van der Waals surface area contributed by atoms with Gasteiger partial charge in [0.15, 0.2) is 0 Å². The molecular weight excluding hydrogens is 408 g/mol. The molecule has 0 unspecified atom stereocenters. The van der Waals surface area contributed by atoms with Gasteiger partial charge < -0.3 is 20.1 Å². The molecule has 3 N–H and O–H groups in total. The van der Waals surface area contributed by atoms with Gasteiger partial charge >= 0.3 is 12.1 Å². The van der Waals surface area contributed by atoms with E-state index in [1.54, 1.807) is 29.2 Å². The Morgan fingerprint density at radius 1 is 1.16 bits per heavy atom. The molecule has 2 aliphatic heterocycles. The van der Waals surface area contributed by atoms with Crippen molar-refractivity contribution in [3.05, 3.63) is 29.8 Å². The van der Waals surface area contributed by atoms with Gasteiger partial charge in [-0.2, -0.15) is 0 Å². The summed E-state index contributed by atoms with van der Waals surface area (Å²) in [5.74, 6) is -0.144. The number of hydrogen-bond acceptors (Lipinski definition) is 6. The first-order chi connectivity index (χ1) is 15.4. The Hall–Kier alpha value is -2.61. The maximum absolute atomic E-state index is 12.4. The predicted octanol–water partition coefficient (Wildman–Crippen LogP) is 4.16. The van der Waals surface area contributed by atoms with Gasteiger partial charge in [0.05, 0.1) is 13.2 Å². The zero-order valence-corrected chi connectivity index (χ0v) is 20.3. The second kappa shape index (κ2) is 13.7. The number of ether oxygens (including phenoxy) is 2. The first kappa shape index (κ1) is 27.4. The van der Waals surface area contributed by atoms with E-state index in [0.29, 0.717) is 25.1 Å². The van der Waals surface area contributed by atoms with Crippen molar-refractivity contribution in [1.82, 2.24) is 4.90 Å². The molecule has 2 fully saturated rings. The summed E-state index contributed by atoms with van der Waals surface area (Å²) in [6.45, 7) is 13.3. The van der Waals surface area contributed by atoms with Gasteiger partial charge in [0.25, 0.3) is 0 Å². The Bertz CT molecular complexity index is 728. The topological polar surface area (TPSA) is 109 Å². The van der Waals surface area contributed by atoms with Crippen LogP contribution in [-0.2, 0) is 14.3 Å². The van der Waals surface area contributed by atoms with Crippen LogP contribution < -0.4 is 10.6 Å². The zero-order chi connectivity index (χ0) is 24.1. The summed E-state index contributed by atoms with van der Waals surface area (Å²) < 4.78 is 10.7. The summed E-state index contributed by atoms with van der Waals surface area (Å²) in [7, 11) is 0. The minimum atomic E-state index is -0.450. The summed E-state index contributed by atoms with van der Waals surface area (Å²) in [6, 6.07) is 7.06. The largest absolute Gasteiger partial charge is 0.466 e. The number of nitrogen functional groups attached to an aromatic ring is 1. The van der Waals surface area contributed by atoms with Crippen molar-refractivity contribution >= 4 is 23.6 Å². The molecule has 2 aliphatic rings. The molecule has 0 saturated carbocycles. The summed E-state index contributed by atoms with van der Waals surface area (Å²) in [6.07, 6.45) is 2.45.